The molecule has 0 unspecified atom stereocenters. The van der Waals surface area contributed by atoms with Crippen molar-refractivity contribution >= 4 is 28.3 Å². The van der Waals surface area contributed by atoms with Gasteiger partial charge < -0.3 is 14.2 Å². The average molecular weight is 572 g/mol. The monoisotopic (exact) mass is 571 g/mol. The van der Waals surface area contributed by atoms with E-state index >= 15 is 0 Å². The molecule has 0 aliphatic carbocycles. The maximum absolute atomic E-state index is 12.0. The van der Waals surface area contributed by atoms with E-state index in [0.29, 0.717) is 11.4 Å². The minimum absolute atomic E-state index is 0.229. The van der Waals surface area contributed by atoms with Crippen molar-refractivity contribution in [2.75, 3.05) is 12.0 Å². The second kappa shape index (κ2) is 12.3. The quantitative estimate of drug-likeness (QED) is 0.101. The smallest absolute Gasteiger partial charge is 0.330 e. The van der Waals surface area contributed by atoms with Crippen LogP contribution < -0.4 is 22.1 Å². The standard InChI is InChI=1S/C16H12N6O.C10H13N5O4/c23-16(12-10-17-7-8-18-12)21-20-15-14-6-3-9-22(14)13-5-2-1-4-11(13)19-15;1-5-3-15(10(18)12-9(5)17)8-2-6(13-14-11)7(4-16)19-8/h1-10H,(H,19,20)(H,21,23);3,6-8,16H,2,4H2,1H3,(H,12,17,18)/t;6-,7+,8+/m.0/s1. The lowest BCUT2D eigenvalue weighted by Gasteiger charge is -2.14. The van der Waals surface area contributed by atoms with Crippen LogP contribution >= 0.6 is 0 Å². The number of H-pyrrole nitrogens is 1. The van der Waals surface area contributed by atoms with Gasteiger partial charge in [0, 0.05) is 41.7 Å². The molecule has 0 saturated carbocycles. The largest absolute Gasteiger partial charge is 0.394 e. The zero-order chi connectivity index (χ0) is 29.6. The molecule has 214 valence electrons. The highest BCUT2D eigenvalue weighted by Crippen LogP contribution is 2.29. The number of nitrogens with zero attached hydrogens (tertiary/aromatic N) is 8. The van der Waals surface area contributed by atoms with Crippen LogP contribution in [0.15, 0.2) is 82.1 Å². The van der Waals surface area contributed by atoms with Crippen molar-refractivity contribution in [3.05, 3.63) is 110 Å². The molecule has 0 bridgehead atoms. The number of hydrazine groups is 1. The summed E-state index contributed by atoms with van der Waals surface area (Å²) in [5.41, 5.74) is 16.1. The highest BCUT2D eigenvalue weighted by Gasteiger charge is 2.35. The van der Waals surface area contributed by atoms with Crippen molar-refractivity contribution in [1.29, 1.82) is 0 Å². The number of carbonyl (C=O) groups is 1. The average Bonchev–Trinajstić information content (AvgIpc) is 3.66. The Hall–Kier alpha value is -5.57. The molecule has 1 amide bonds. The van der Waals surface area contributed by atoms with Gasteiger partial charge in [0.25, 0.3) is 11.5 Å². The number of para-hydroxylation sites is 2. The van der Waals surface area contributed by atoms with Crippen LogP contribution in [0.3, 0.4) is 0 Å². The molecule has 5 heterocycles. The van der Waals surface area contributed by atoms with Crippen LogP contribution in [0.2, 0.25) is 0 Å². The first kappa shape index (κ1) is 28.0. The lowest BCUT2D eigenvalue weighted by Crippen LogP contribution is -2.33. The summed E-state index contributed by atoms with van der Waals surface area (Å²) in [6, 6.07) is 11.1. The van der Waals surface area contributed by atoms with Crippen LogP contribution in [0.5, 0.6) is 0 Å². The number of nitrogens with one attached hydrogen (secondary N) is 3. The van der Waals surface area contributed by atoms with Gasteiger partial charge in [0.1, 0.15) is 11.9 Å². The van der Waals surface area contributed by atoms with Crippen molar-refractivity contribution in [3.63, 3.8) is 0 Å². The Balaban J connectivity index is 0.000000172. The van der Waals surface area contributed by atoms with Crippen molar-refractivity contribution < 1.29 is 14.6 Å². The van der Waals surface area contributed by atoms with Gasteiger partial charge in [0.05, 0.1) is 41.5 Å². The van der Waals surface area contributed by atoms with Crippen LogP contribution in [-0.4, -0.2) is 58.7 Å². The molecule has 16 heteroatoms. The summed E-state index contributed by atoms with van der Waals surface area (Å²) in [5, 5.41) is 12.7. The maximum Gasteiger partial charge on any atom is 0.330 e. The van der Waals surface area contributed by atoms with Crippen molar-refractivity contribution in [1.82, 2.24) is 34.3 Å². The number of aliphatic hydroxyl groups is 1. The molecule has 0 radical (unpaired) electrons. The number of hydrogen-bond donors (Lipinski definition) is 4. The predicted molar refractivity (Wildman–Crippen MR) is 150 cm³/mol. The van der Waals surface area contributed by atoms with Gasteiger partial charge in [0.15, 0.2) is 5.82 Å². The Morgan fingerprint density at radius 2 is 2.05 bits per heavy atom. The molecule has 6 rings (SSSR count). The number of rotatable bonds is 6. The number of aromatic amines is 1. The zero-order valence-corrected chi connectivity index (χ0v) is 22.2. The highest BCUT2D eigenvalue weighted by atomic mass is 16.5. The second-order valence-electron chi connectivity index (χ2n) is 9.18. The molecule has 1 aliphatic heterocycles. The number of aromatic nitrogens is 6. The van der Waals surface area contributed by atoms with Gasteiger partial charge in [0.2, 0.25) is 0 Å². The molecule has 42 heavy (non-hydrogen) atoms. The maximum atomic E-state index is 12.0. The fourth-order valence-corrected chi connectivity index (χ4v) is 4.45. The topological polar surface area (TPSA) is 217 Å². The summed E-state index contributed by atoms with van der Waals surface area (Å²) in [6.45, 7) is 1.26. The van der Waals surface area contributed by atoms with Gasteiger partial charge in [-0.2, -0.15) is 0 Å². The van der Waals surface area contributed by atoms with E-state index in [1.165, 1.54) is 29.4 Å². The molecule has 0 spiro atoms. The molecule has 3 atom stereocenters. The summed E-state index contributed by atoms with van der Waals surface area (Å²) in [6.07, 6.45) is 6.66. The van der Waals surface area contributed by atoms with Crippen molar-refractivity contribution in [2.24, 2.45) is 5.11 Å². The van der Waals surface area contributed by atoms with Gasteiger partial charge in [-0.3, -0.25) is 35.0 Å². The van der Waals surface area contributed by atoms with Crippen molar-refractivity contribution in [2.45, 2.75) is 31.7 Å². The Labute approximate surface area is 236 Å². The number of aryl methyl sites for hydroxylation is 1. The summed E-state index contributed by atoms with van der Waals surface area (Å²) < 4.78 is 8.71. The van der Waals surface area contributed by atoms with Crippen LogP contribution in [0.1, 0.15) is 28.7 Å². The normalized spacial score (nSPS) is 17.7. The highest BCUT2D eigenvalue weighted by molar-refractivity contribution is 5.93. The Bertz CT molecular complexity index is 1900. The summed E-state index contributed by atoms with van der Waals surface area (Å²) in [7, 11) is 0. The number of anilines is 1. The molecule has 1 fully saturated rings. The lowest BCUT2D eigenvalue weighted by atomic mass is 10.1. The number of ether oxygens (including phenoxy) is 1. The third-order valence-corrected chi connectivity index (χ3v) is 6.50. The molecule has 1 saturated heterocycles. The fourth-order valence-electron chi connectivity index (χ4n) is 4.45. The fraction of sp³-hybridized carbons (Fsp3) is 0.231. The van der Waals surface area contributed by atoms with Crippen LogP contribution in [-0.2, 0) is 4.74 Å². The molecule has 5 aromatic rings. The summed E-state index contributed by atoms with van der Waals surface area (Å²) in [5.74, 6) is 0.184. The Morgan fingerprint density at radius 3 is 2.81 bits per heavy atom. The second-order valence-corrected chi connectivity index (χ2v) is 9.18. The number of fused-ring (bicyclic) bond motifs is 3. The number of aliphatic hydroxyl groups excluding tert-OH is 1. The van der Waals surface area contributed by atoms with E-state index in [9.17, 15) is 14.4 Å². The van der Waals surface area contributed by atoms with E-state index in [4.69, 9.17) is 15.4 Å². The third kappa shape index (κ3) is 5.80. The predicted octanol–water partition coefficient (Wildman–Crippen LogP) is 1.84. The molecule has 4 aromatic heterocycles. The van der Waals surface area contributed by atoms with E-state index in [0.717, 1.165) is 16.6 Å². The molecule has 4 N–H and O–H groups in total. The van der Waals surface area contributed by atoms with Crippen LogP contribution in [0.4, 0.5) is 5.82 Å². The number of azide groups is 1. The van der Waals surface area contributed by atoms with E-state index < -0.39 is 29.6 Å². The molecular formula is C26H25N11O5. The SMILES string of the molecule is Cc1cn([C@H]2C[C@H](N=[N+]=[N-])[C@@H](CO)O2)c(=O)[nH]c1=O.O=C(NNc1nc2ccccc2n2cccc12)c1cnccn1. The first-order valence-corrected chi connectivity index (χ1v) is 12.7. The molecule has 1 aromatic carbocycles. The van der Waals surface area contributed by atoms with Gasteiger partial charge in [-0.15, -0.1) is 0 Å². The van der Waals surface area contributed by atoms with E-state index in [-0.39, 0.29) is 24.6 Å². The molecule has 1 aliphatic rings. The van der Waals surface area contributed by atoms with Gasteiger partial charge >= 0.3 is 5.69 Å². The molecular weight excluding hydrogens is 546 g/mol. The van der Waals surface area contributed by atoms with Crippen LogP contribution in [0, 0.1) is 6.92 Å². The van der Waals surface area contributed by atoms with E-state index in [1.807, 2.05) is 47.0 Å². The minimum Gasteiger partial charge on any atom is -0.394 e. The number of hydrogen-bond acceptors (Lipinski definition) is 10. The third-order valence-electron chi connectivity index (χ3n) is 6.50. The first-order chi connectivity index (χ1) is 20.4. The van der Waals surface area contributed by atoms with Crippen molar-refractivity contribution in [3.8, 4) is 0 Å². The number of amides is 1. The Morgan fingerprint density at radius 1 is 1.24 bits per heavy atom. The van der Waals surface area contributed by atoms with Gasteiger partial charge in [-0.25, -0.2) is 14.8 Å². The summed E-state index contributed by atoms with van der Waals surface area (Å²) in [4.78, 5) is 52.3. The Kier molecular flexibility index (Phi) is 8.19. The van der Waals surface area contributed by atoms with E-state index in [2.05, 4.69) is 40.8 Å². The number of carbonyl (C=O) groups excluding carboxylic acids is 1. The van der Waals surface area contributed by atoms with E-state index in [1.54, 1.807) is 6.92 Å². The minimum atomic E-state index is -0.671. The van der Waals surface area contributed by atoms with Crippen LogP contribution in [0.25, 0.3) is 27.0 Å². The lowest BCUT2D eigenvalue weighted by molar-refractivity contribution is -0.0271. The molecule has 16 nitrogen and oxygen atoms in total. The summed E-state index contributed by atoms with van der Waals surface area (Å²) >= 11 is 0. The zero-order valence-electron chi connectivity index (χ0n) is 22.2. The van der Waals surface area contributed by atoms with Gasteiger partial charge in [-0.05, 0) is 36.7 Å². The van der Waals surface area contributed by atoms with Gasteiger partial charge in [-0.1, -0.05) is 17.2 Å². The number of benzene rings is 1. The first-order valence-electron chi connectivity index (χ1n) is 12.7.